The average molecular weight is 287 g/mol. The number of carbonyl (C=O) groups is 1. The van der Waals surface area contributed by atoms with Gasteiger partial charge < -0.3 is 9.73 Å². The molecule has 6 nitrogen and oxygen atoms in total. The van der Waals surface area contributed by atoms with Crippen molar-refractivity contribution >= 4 is 5.91 Å². The molecule has 0 aliphatic heterocycles. The molecule has 1 amide bonds. The summed E-state index contributed by atoms with van der Waals surface area (Å²) >= 11 is 0. The molecule has 3 rings (SSSR count). The third kappa shape index (κ3) is 3.21. The van der Waals surface area contributed by atoms with Gasteiger partial charge in [-0.1, -0.05) is 12.8 Å². The highest BCUT2D eigenvalue weighted by Crippen LogP contribution is 2.17. The molecule has 1 aliphatic rings. The van der Waals surface area contributed by atoms with Gasteiger partial charge in [0.2, 0.25) is 5.91 Å². The van der Waals surface area contributed by atoms with Gasteiger partial charge in [-0.15, -0.1) is 0 Å². The standard InChI is InChI=1S/C15H17N3O3/c19-14(17-11-4-1-2-5-11)9-18-10-16-12(8-15(18)20)13-6-3-7-21-13/h3,6-8,10-11H,1-2,4-5,9H2,(H,17,19). The van der Waals surface area contributed by atoms with Crippen LogP contribution >= 0.6 is 0 Å². The highest BCUT2D eigenvalue weighted by atomic mass is 16.3. The molecule has 0 unspecified atom stereocenters. The third-order valence-electron chi connectivity index (χ3n) is 3.69. The van der Waals surface area contributed by atoms with E-state index in [0.29, 0.717) is 11.5 Å². The second-order valence-corrected chi connectivity index (χ2v) is 5.27. The van der Waals surface area contributed by atoms with Gasteiger partial charge in [0, 0.05) is 12.1 Å². The van der Waals surface area contributed by atoms with Crippen LogP contribution in [0.5, 0.6) is 0 Å². The van der Waals surface area contributed by atoms with E-state index in [0.717, 1.165) is 25.7 Å². The minimum Gasteiger partial charge on any atom is -0.463 e. The number of nitrogens with zero attached hydrogens (tertiary/aromatic N) is 2. The molecule has 0 radical (unpaired) electrons. The van der Waals surface area contributed by atoms with Crippen LogP contribution in [0.25, 0.3) is 11.5 Å². The van der Waals surface area contributed by atoms with Crippen LogP contribution in [0, 0.1) is 0 Å². The molecular weight excluding hydrogens is 270 g/mol. The van der Waals surface area contributed by atoms with Crippen LogP contribution in [-0.2, 0) is 11.3 Å². The first-order valence-corrected chi connectivity index (χ1v) is 7.12. The van der Waals surface area contributed by atoms with Crippen molar-refractivity contribution in [3.63, 3.8) is 0 Å². The van der Waals surface area contributed by atoms with Crippen molar-refractivity contribution in [3.05, 3.63) is 41.1 Å². The van der Waals surface area contributed by atoms with Gasteiger partial charge in [0.25, 0.3) is 5.56 Å². The molecule has 1 saturated carbocycles. The van der Waals surface area contributed by atoms with Crippen molar-refractivity contribution in [1.29, 1.82) is 0 Å². The summed E-state index contributed by atoms with van der Waals surface area (Å²) in [5.74, 6) is 0.395. The van der Waals surface area contributed by atoms with Gasteiger partial charge in [0.1, 0.15) is 12.2 Å². The number of hydrogen-bond acceptors (Lipinski definition) is 4. The predicted molar refractivity (Wildman–Crippen MR) is 76.6 cm³/mol. The zero-order chi connectivity index (χ0) is 14.7. The summed E-state index contributed by atoms with van der Waals surface area (Å²) in [6.07, 6.45) is 7.27. The minimum absolute atomic E-state index is 0.000762. The maximum absolute atomic E-state index is 12.0. The van der Waals surface area contributed by atoms with Crippen molar-refractivity contribution in [2.24, 2.45) is 0 Å². The number of rotatable bonds is 4. The summed E-state index contributed by atoms with van der Waals surface area (Å²) in [4.78, 5) is 28.1. The lowest BCUT2D eigenvalue weighted by Gasteiger charge is -2.12. The van der Waals surface area contributed by atoms with E-state index in [1.165, 1.54) is 23.2 Å². The maximum atomic E-state index is 12.0. The number of amides is 1. The van der Waals surface area contributed by atoms with Crippen LogP contribution in [0.4, 0.5) is 0 Å². The van der Waals surface area contributed by atoms with Gasteiger partial charge in [-0.25, -0.2) is 4.98 Å². The number of furan rings is 1. The molecule has 2 aromatic rings. The van der Waals surface area contributed by atoms with Crippen LogP contribution in [0.1, 0.15) is 25.7 Å². The van der Waals surface area contributed by atoms with E-state index in [-0.39, 0.29) is 24.1 Å². The van der Waals surface area contributed by atoms with Gasteiger partial charge in [-0.05, 0) is 25.0 Å². The number of carbonyl (C=O) groups excluding carboxylic acids is 1. The molecule has 0 bridgehead atoms. The average Bonchev–Trinajstić information content (AvgIpc) is 3.13. The van der Waals surface area contributed by atoms with Gasteiger partial charge in [-0.3, -0.25) is 14.2 Å². The van der Waals surface area contributed by atoms with Crippen molar-refractivity contribution in [1.82, 2.24) is 14.9 Å². The molecule has 0 atom stereocenters. The van der Waals surface area contributed by atoms with E-state index in [4.69, 9.17) is 4.42 Å². The van der Waals surface area contributed by atoms with Crippen molar-refractivity contribution in [2.75, 3.05) is 0 Å². The highest BCUT2D eigenvalue weighted by molar-refractivity contribution is 5.76. The van der Waals surface area contributed by atoms with E-state index in [2.05, 4.69) is 10.3 Å². The fourth-order valence-electron chi connectivity index (χ4n) is 2.60. The Labute approximate surface area is 121 Å². The normalized spacial score (nSPS) is 15.2. The van der Waals surface area contributed by atoms with E-state index >= 15 is 0 Å². The Morgan fingerprint density at radius 2 is 2.24 bits per heavy atom. The summed E-state index contributed by atoms with van der Waals surface area (Å²) in [7, 11) is 0. The van der Waals surface area contributed by atoms with Crippen molar-refractivity contribution < 1.29 is 9.21 Å². The predicted octanol–water partition coefficient (Wildman–Crippen LogP) is 1.56. The molecule has 2 heterocycles. The lowest BCUT2D eigenvalue weighted by Crippen LogP contribution is -2.37. The van der Waals surface area contributed by atoms with E-state index < -0.39 is 0 Å². The summed E-state index contributed by atoms with van der Waals surface area (Å²) in [6.45, 7) is 0.000762. The zero-order valence-corrected chi connectivity index (χ0v) is 11.6. The Balaban J connectivity index is 1.68. The molecule has 0 aromatic carbocycles. The van der Waals surface area contributed by atoms with Crippen LogP contribution in [0.3, 0.4) is 0 Å². The van der Waals surface area contributed by atoms with Gasteiger partial charge in [0.05, 0.1) is 12.6 Å². The summed E-state index contributed by atoms with van der Waals surface area (Å²) in [5, 5.41) is 2.95. The highest BCUT2D eigenvalue weighted by Gasteiger charge is 2.17. The largest absolute Gasteiger partial charge is 0.463 e. The van der Waals surface area contributed by atoms with Crippen LogP contribution in [0.2, 0.25) is 0 Å². The Morgan fingerprint density at radius 1 is 1.43 bits per heavy atom. The summed E-state index contributed by atoms with van der Waals surface area (Å²) in [5.41, 5.74) is 0.204. The molecule has 21 heavy (non-hydrogen) atoms. The molecular formula is C15H17N3O3. The minimum atomic E-state index is -0.266. The fourth-order valence-corrected chi connectivity index (χ4v) is 2.60. The molecule has 2 aromatic heterocycles. The van der Waals surface area contributed by atoms with E-state index in [1.807, 2.05) is 0 Å². The molecule has 1 N–H and O–H groups in total. The van der Waals surface area contributed by atoms with E-state index in [9.17, 15) is 9.59 Å². The number of nitrogens with one attached hydrogen (secondary N) is 1. The van der Waals surface area contributed by atoms with Gasteiger partial charge in [0.15, 0.2) is 5.76 Å². The number of hydrogen-bond donors (Lipinski definition) is 1. The Kier molecular flexibility index (Phi) is 3.85. The Hall–Kier alpha value is -2.37. The lowest BCUT2D eigenvalue weighted by atomic mass is 10.2. The molecule has 1 aliphatic carbocycles. The third-order valence-corrected chi connectivity index (χ3v) is 3.69. The second kappa shape index (κ2) is 5.95. The summed E-state index contributed by atoms with van der Waals surface area (Å²) < 4.78 is 6.50. The smallest absolute Gasteiger partial charge is 0.254 e. The fraction of sp³-hybridized carbons (Fsp3) is 0.400. The topological polar surface area (TPSA) is 77.1 Å². The first kappa shape index (κ1) is 13.6. The Bertz CT molecular complexity index is 670. The second-order valence-electron chi connectivity index (χ2n) is 5.27. The van der Waals surface area contributed by atoms with E-state index in [1.54, 1.807) is 12.1 Å². The summed E-state index contributed by atoms with van der Waals surface area (Å²) in [6, 6.07) is 5.10. The SMILES string of the molecule is O=C(Cn1cnc(-c2ccco2)cc1=O)NC1CCCC1. The monoisotopic (exact) mass is 287 g/mol. The molecule has 0 spiro atoms. The maximum Gasteiger partial charge on any atom is 0.254 e. The first-order valence-electron chi connectivity index (χ1n) is 7.12. The quantitative estimate of drug-likeness (QED) is 0.925. The van der Waals surface area contributed by atoms with Crippen molar-refractivity contribution in [3.8, 4) is 11.5 Å². The molecule has 1 fully saturated rings. The van der Waals surface area contributed by atoms with Crippen molar-refractivity contribution in [2.45, 2.75) is 38.3 Å². The van der Waals surface area contributed by atoms with Gasteiger partial charge >= 0.3 is 0 Å². The molecule has 110 valence electrons. The zero-order valence-electron chi connectivity index (χ0n) is 11.6. The molecule has 6 heteroatoms. The Morgan fingerprint density at radius 3 is 2.90 bits per heavy atom. The lowest BCUT2D eigenvalue weighted by molar-refractivity contribution is -0.122. The first-order chi connectivity index (χ1) is 10.2. The van der Waals surface area contributed by atoms with Crippen LogP contribution in [-0.4, -0.2) is 21.5 Å². The number of aromatic nitrogens is 2. The molecule has 0 saturated heterocycles. The van der Waals surface area contributed by atoms with Crippen LogP contribution in [0.15, 0.2) is 40.0 Å². The van der Waals surface area contributed by atoms with Crippen LogP contribution < -0.4 is 10.9 Å². The van der Waals surface area contributed by atoms with Gasteiger partial charge in [-0.2, -0.15) is 0 Å².